The van der Waals surface area contributed by atoms with Crippen molar-refractivity contribution in [2.75, 3.05) is 26.5 Å². The maximum Gasteiger partial charge on any atom is 0.407 e. The highest BCUT2D eigenvalue weighted by molar-refractivity contribution is 7.17. The van der Waals surface area contributed by atoms with E-state index in [0.717, 1.165) is 49.4 Å². The smallest absolute Gasteiger partial charge is 0.407 e. The van der Waals surface area contributed by atoms with E-state index in [4.69, 9.17) is 25.8 Å². The van der Waals surface area contributed by atoms with E-state index in [1.54, 1.807) is 11.3 Å². The molecule has 2 aliphatic heterocycles. The molecule has 1 aromatic heterocycles. The summed E-state index contributed by atoms with van der Waals surface area (Å²) in [5.74, 6) is 1.76. The molecule has 1 amide bonds. The molecule has 3 heterocycles. The van der Waals surface area contributed by atoms with Gasteiger partial charge >= 0.3 is 6.09 Å². The molecule has 5 rings (SSSR count). The summed E-state index contributed by atoms with van der Waals surface area (Å²) >= 11 is 8.13. The molecule has 1 saturated heterocycles. The first-order chi connectivity index (χ1) is 15.7. The largest absolute Gasteiger partial charge is 0.454 e. The van der Waals surface area contributed by atoms with Crippen LogP contribution in [0, 0.1) is 5.92 Å². The van der Waals surface area contributed by atoms with Crippen molar-refractivity contribution in [3.63, 3.8) is 0 Å². The number of ether oxygens (including phenoxy) is 3. The number of likely N-dealkylation sites (tertiary alicyclic amines) is 1. The number of benzene rings is 2. The molecule has 168 valence electrons. The van der Waals surface area contributed by atoms with Gasteiger partial charge in [-0.1, -0.05) is 29.8 Å². The van der Waals surface area contributed by atoms with E-state index in [9.17, 15) is 4.79 Å². The van der Waals surface area contributed by atoms with E-state index in [-0.39, 0.29) is 12.9 Å². The Morgan fingerprint density at radius 3 is 2.97 bits per heavy atom. The molecule has 1 atom stereocenters. The molecular formula is C24H25ClN2O4S. The predicted octanol–water partition coefficient (Wildman–Crippen LogP) is 5.42. The number of piperidine rings is 1. The minimum absolute atomic E-state index is 0.239. The van der Waals surface area contributed by atoms with Crippen LogP contribution in [0.15, 0.2) is 41.8 Å². The van der Waals surface area contributed by atoms with Gasteiger partial charge in [0, 0.05) is 41.3 Å². The Hall–Kier alpha value is -2.48. The average Bonchev–Trinajstić information content (AvgIpc) is 3.43. The first-order valence-corrected chi connectivity index (χ1v) is 12.1. The first kappa shape index (κ1) is 21.4. The van der Waals surface area contributed by atoms with Crippen molar-refractivity contribution in [2.24, 2.45) is 5.92 Å². The van der Waals surface area contributed by atoms with Crippen LogP contribution in [0.2, 0.25) is 5.02 Å². The summed E-state index contributed by atoms with van der Waals surface area (Å²) in [4.78, 5) is 14.6. The number of carbonyl (C=O) groups is 1. The van der Waals surface area contributed by atoms with Gasteiger partial charge in [-0.2, -0.15) is 0 Å². The Bertz CT molecular complexity index is 1120. The molecule has 0 spiro atoms. The second-order valence-electron chi connectivity index (χ2n) is 8.25. The maximum atomic E-state index is 12.3. The van der Waals surface area contributed by atoms with Crippen molar-refractivity contribution < 1.29 is 19.0 Å². The molecule has 2 aliphatic rings. The van der Waals surface area contributed by atoms with Gasteiger partial charge in [0.1, 0.15) is 0 Å². The van der Waals surface area contributed by atoms with E-state index >= 15 is 0 Å². The summed E-state index contributed by atoms with van der Waals surface area (Å²) in [6.45, 7) is 3.74. The second-order valence-corrected chi connectivity index (χ2v) is 9.57. The van der Waals surface area contributed by atoms with Crippen LogP contribution in [0.5, 0.6) is 11.5 Å². The Balaban J connectivity index is 1.10. The van der Waals surface area contributed by atoms with Crippen LogP contribution in [-0.4, -0.2) is 37.5 Å². The number of carbonyl (C=O) groups excluding carboxylic acids is 1. The van der Waals surface area contributed by atoms with Crippen molar-refractivity contribution in [1.29, 1.82) is 0 Å². The van der Waals surface area contributed by atoms with Crippen LogP contribution in [-0.2, 0) is 17.8 Å². The highest BCUT2D eigenvalue weighted by atomic mass is 35.5. The lowest BCUT2D eigenvalue weighted by Crippen LogP contribution is -2.37. The first-order valence-electron chi connectivity index (χ1n) is 10.8. The molecule has 0 radical (unpaired) electrons. The third-order valence-corrected chi connectivity index (χ3v) is 7.34. The van der Waals surface area contributed by atoms with E-state index in [1.807, 2.05) is 24.3 Å². The normalized spacial score (nSPS) is 18.1. The molecule has 1 fully saturated rings. The molecule has 32 heavy (non-hydrogen) atoms. The molecule has 0 aliphatic carbocycles. The monoisotopic (exact) mass is 472 g/mol. The van der Waals surface area contributed by atoms with Gasteiger partial charge in [0.15, 0.2) is 11.5 Å². The van der Waals surface area contributed by atoms with Crippen LogP contribution in [0.4, 0.5) is 4.79 Å². The second kappa shape index (κ2) is 9.57. The molecular weight excluding hydrogens is 448 g/mol. The zero-order valence-electron chi connectivity index (χ0n) is 17.6. The van der Waals surface area contributed by atoms with Crippen molar-refractivity contribution in [1.82, 2.24) is 10.2 Å². The van der Waals surface area contributed by atoms with Crippen LogP contribution in [0.3, 0.4) is 0 Å². The lowest BCUT2D eigenvalue weighted by molar-refractivity contribution is 0.0867. The summed E-state index contributed by atoms with van der Waals surface area (Å²) in [6, 6.07) is 12.0. The van der Waals surface area contributed by atoms with Crippen LogP contribution in [0.25, 0.3) is 10.1 Å². The molecule has 1 N–H and O–H groups in total. The number of rotatable bonds is 6. The number of nitrogens with one attached hydrogen (secondary N) is 1. The van der Waals surface area contributed by atoms with Crippen molar-refractivity contribution in [3.8, 4) is 11.5 Å². The molecule has 0 saturated carbocycles. The Morgan fingerprint density at radius 2 is 2.06 bits per heavy atom. The summed E-state index contributed by atoms with van der Waals surface area (Å²) in [5.41, 5.74) is 2.14. The number of nitrogens with zero attached hydrogens (tertiary/aromatic N) is 1. The number of alkyl carbamates (subject to hydrolysis) is 1. The summed E-state index contributed by atoms with van der Waals surface area (Å²) < 4.78 is 17.6. The summed E-state index contributed by atoms with van der Waals surface area (Å²) in [5, 5.41) is 6.85. The Labute approximate surface area is 196 Å². The quantitative estimate of drug-likeness (QED) is 0.519. The topological polar surface area (TPSA) is 60.0 Å². The van der Waals surface area contributed by atoms with Gasteiger partial charge in [-0.25, -0.2) is 4.79 Å². The maximum absolute atomic E-state index is 12.3. The Morgan fingerprint density at radius 1 is 1.22 bits per heavy atom. The zero-order valence-corrected chi connectivity index (χ0v) is 19.2. The SMILES string of the molecule is O=C(NCc1csc2ccccc12)OCC1CCCN(Cc2cc3c(cc2Cl)OCO3)C1. The van der Waals surface area contributed by atoms with Gasteiger partial charge < -0.3 is 19.5 Å². The summed E-state index contributed by atoms with van der Waals surface area (Å²) in [6.07, 6.45) is 1.75. The molecule has 8 heteroatoms. The van der Waals surface area contributed by atoms with Crippen LogP contribution < -0.4 is 14.8 Å². The number of hydrogen-bond acceptors (Lipinski definition) is 6. The van der Waals surface area contributed by atoms with Gasteiger partial charge in [0.2, 0.25) is 6.79 Å². The van der Waals surface area contributed by atoms with E-state index in [0.29, 0.717) is 29.8 Å². The third-order valence-electron chi connectivity index (χ3n) is 5.97. The summed E-state index contributed by atoms with van der Waals surface area (Å²) in [7, 11) is 0. The molecule has 2 aromatic carbocycles. The molecule has 1 unspecified atom stereocenters. The number of fused-ring (bicyclic) bond motifs is 2. The predicted molar refractivity (Wildman–Crippen MR) is 126 cm³/mol. The van der Waals surface area contributed by atoms with Crippen LogP contribution in [0.1, 0.15) is 24.0 Å². The third kappa shape index (κ3) is 4.80. The van der Waals surface area contributed by atoms with E-state index in [1.165, 1.54) is 10.1 Å². The lowest BCUT2D eigenvalue weighted by atomic mass is 9.98. The number of amides is 1. The van der Waals surface area contributed by atoms with Gasteiger partial charge in [0.25, 0.3) is 0 Å². The fourth-order valence-electron chi connectivity index (χ4n) is 4.33. The number of thiophene rings is 1. The number of halogens is 1. The highest BCUT2D eigenvalue weighted by Gasteiger charge is 2.23. The lowest BCUT2D eigenvalue weighted by Gasteiger charge is -2.32. The van der Waals surface area contributed by atoms with E-state index < -0.39 is 0 Å². The molecule has 6 nitrogen and oxygen atoms in total. The standard InChI is InChI=1S/C24H25ClN2O4S/c25-20-9-22-21(30-15-31-22)8-17(20)12-27-7-3-4-16(11-27)13-29-24(28)26-10-18-14-32-23-6-2-1-5-19(18)23/h1-2,5-6,8-9,14,16H,3-4,7,10-13,15H2,(H,26,28). The highest BCUT2D eigenvalue weighted by Crippen LogP contribution is 2.37. The van der Waals surface area contributed by atoms with Gasteiger partial charge in [-0.05, 0) is 53.4 Å². The zero-order chi connectivity index (χ0) is 21.9. The van der Waals surface area contributed by atoms with E-state index in [2.05, 4.69) is 27.7 Å². The minimum atomic E-state index is -0.365. The van der Waals surface area contributed by atoms with Crippen molar-refractivity contribution >= 4 is 39.1 Å². The fourth-order valence-corrected chi connectivity index (χ4v) is 5.51. The molecule has 0 bridgehead atoms. The Kier molecular flexibility index (Phi) is 6.39. The molecule has 3 aromatic rings. The van der Waals surface area contributed by atoms with Crippen molar-refractivity contribution in [3.05, 3.63) is 57.9 Å². The van der Waals surface area contributed by atoms with Crippen molar-refractivity contribution in [2.45, 2.75) is 25.9 Å². The van der Waals surface area contributed by atoms with Crippen LogP contribution >= 0.6 is 22.9 Å². The van der Waals surface area contributed by atoms with Gasteiger partial charge in [0.05, 0.1) is 6.61 Å². The average molecular weight is 473 g/mol. The number of hydrogen-bond donors (Lipinski definition) is 1. The fraction of sp³-hybridized carbons (Fsp3) is 0.375. The minimum Gasteiger partial charge on any atom is -0.454 e. The van der Waals surface area contributed by atoms with Gasteiger partial charge in [-0.3, -0.25) is 4.90 Å². The van der Waals surface area contributed by atoms with Gasteiger partial charge in [-0.15, -0.1) is 11.3 Å².